The number of rotatable bonds is 1. The van der Waals surface area contributed by atoms with E-state index < -0.39 is 9.84 Å². The molecule has 92 valence electrons. The SMILES string of the molecule is CN=C(SC)c1ccc2c(c1)CCCS2(=O)=O. The molecule has 3 nitrogen and oxygen atoms in total. The Labute approximate surface area is 106 Å². The first-order valence-electron chi connectivity index (χ1n) is 5.45. The molecule has 0 atom stereocenters. The van der Waals surface area contributed by atoms with E-state index in [-0.39, 0.29) is 5.75 Å². The zero-order valence-corrected chi connectivity index (χ0v) is 11.6. The summed E-state index contributed by atoms with van der Waals surface area (Å²) in [6, 6.07) is 5.53. The molecule has 0 aliphatic carbocycles. The normalized spacial score (nSPS) is 18.8. The molecule has 0 N–H and O–H groups in total. The molecule has 1 aliphatic rings. The molecule has 0 saturated heterocycles. The topological polar surface area (TPSA) is 46.5 Å². The Balaban J connectivity index is 2.52. The molecule has 5 heteroatoms. The summed E-state index contributed by atoms with van der Waals surface area (Å²) >= 11 is 1.57. The molecule has 0 bridgehead atoms. The van der Waals surface area contributed by atoms with Gasteiger partial charge in [0.2, 0.25) is 0 Å². The van der Waals surface area contributed by atoms with Gasteiger partial charge in [0.05, 0.1) is 15.7 Å². The van der Waals surface area contributed by atoms with E-state index in [1.807, 2.05) is 18.4 Å². The van der Waals surface area contributed by atoms with Gasteiger partial charge in [0.1, 0.15) is 0 Å². The molecule has 1 aromatic rings. The van der Waals surface area contributed by atoms with E-state index in [9.17, 15) is 8.42 Å². The van der Waals surface area contributed by atoms with Crippen LogP contribution in [0.15, 0.2) is 28.1 Å². The lowest BCUT2D eigenvalue weighted by molar-refractivity contribution is 0.586. The molecule has 0 spiro atoms. The van der Waals surface area contributed by atoms with E-state index in [1.54, 1.807) is 24.9 Å². The van der Waals surface area contributed by atoms with Crippen LogP contribution < -0.4 is 0 Å². The van der Waals surface area contributed by atoms with Crippen LogP contribution in [0.1, 0.15) is 17.5 Å². The standard InChI is InChI=1S/C12H15NO2S2/c1-13-12(16-2)10-5-6-11-9(8-10)4-3-7-17(11,14)15/h5-6,8H,3-4,7H2,1-2H3. The summed E-state index contributed by atoms with van der Waals surface area (Å²) in [5, 5.41) is 0.941. The monoisotopic (exact) mass is 269 g/mol. The van der Waals surface area contributed by atoms with Crippen LogP contribution in [0.5, 0.6) is 0 Å². The van der Waals surface area contributed by atoms with E-state index in [2.05, 4.69) is 4.99 Å². The maximum Gasteiger partial charge on any atom is 0.178 e. The lowest BCUT2D eigenvalue weighted by Crippen LogP contribution is -2.16. The minimum Gasteiger partial charge on any atom is -0.281 e. The smallest absolute Gasteiger partial charge is 0.178 e. The fourth-order valence-corrected chi connectivity index (χ4v) is 4.24. The highest BCUT2D eigenvalue weighted by Gasteiger charge is 2.23. The molecular weight excluding hydrogens is 254 g/mol. The van der Waals surface area contributed by atoms with Gasteiger partial charge in [-0.25, -0.2) is 8.42 Å². The molecule has 1 aliphatic heterocycles. The summed E-state index contributed by atoms with van der Waals surface area (Å²) in [6.45, 7) is 0. The highest BCUT2D eigenvalue weighted by Crippen LogP contribution is 2.27. The van der Waals surface area contributed by atoms with Crippen molar-refractivity contribution < 1.29 is 8.42 Å². The van der Waals surface area contributed by atoms with Gasteiger partial charge in [-0.3, -0.25) is 4.99 Å². The average molecular weight is 269 g/mol. The summed E-state index contributed by atoms with van der Waals surface area (Å²) < 4.78 is 23.7. The fraction of sp³-hybridized carbons (Fsp3) is 0.417. The van der Waals surface area contributed by atoms with Gasteiger partial charge < -0.3 is 0 Å². The predicted molar refractivity (Wildman–Crippen MR) is 72.8 cm³/mol. The minimum absolute atomic E-state index is 0.274. The quantitative estimate of drug-likeness (QED) is 0.579. The number of nitrogens with zero attached hydrogens (tertiary/aromatic N) is 1. The van der Waals surface area contributed by atoms with Crippen LogP contribution in [0.3, 0.4) is 0 Å². The van der Waals surface area contributed by atoms with Crippen molar-refractivity contribution in [2.75, 3.05) is 19.1 Å². The predicted octanol–water partition coefficient (Wildman–Crippen LogP) is 2.15. The second-order valence-electron chi connectivity index (χ2n) is 3.98. The molecule has 0 fully saturated rings. The van der Waals surface area contributed by atoms with Gasteiger partial charge in [-0.15, -0.1) is 11.8 Å². The second kappa shape index (κ2) is 4.82. The van der Waals surface area contributed by atoms with E-state index >= 15 is 0 Å². The van der Waals surface area contributed by atoms with Crippen LogP contribution in [-0.4, -0.2) is 32.5 Å². The summed E-state index contributed by atoms with van der Waals surface area (Å²) in [6.07, 6.45) is 3.53. The first-order chi connectivity index (χ1) is 8.08. The van der Waals surface area contributed by atoms with Crippen molar-refractivity contribution in [3.63, 3.8) is 0 Å². The lowest BCUT2D eigenvalue weighted by Gasteiger charge is -2.17. The van der Waals surface area contributed by atoms with Crippen molar-refractivity contribution in [3.05, 3.63) is 29.3 Å². The van der Waals surface area contributed by atoms with Gasteiger partial charge in [-0.2, -0.15) is 0 Å². The number of aryl methyl sites for hydroxylation is 1. The van der Waals surface area contributed by atoms with Gasteiger partial charge in [-0.1, -0.05) is 6.07 Å². The van der Waals surface area contributed by atoms with Crippen LogP contribution in [0, 0.1) is 0 Å². The minimum atomic E-state index is -3.04. The van der Waals surface area contributed by atoms with Crippen molar-refractivity contribution in [2.24, 2.45) is 4.99 Å². The van der Waals surface area contributed by atoms with Crippen LogP contribution in [0.4, 0.5) is 0 Å². The van der Waals surface area contributed by atoms with Crippen LogP contribution >= 0.6 is 11.8 Å². The molecule has 0 saturated carbocycles. The molecule has 2 rings (SSSR count). The Bertz CT molecular complexity index is 562. The summed E-state index contributed by atoms with van der Waals surface area (Å²) in [4.78, 5) is 4.70. The maximum atomic E-state index is 11.9. The van der Waals surface area contributed by atoms with Gasteiger partial charge in [0, 0.05) is 12.6 Å². The van der Waals surface area contributed by atoms with E-state index in [1.165, 1.54) is 0 Å². The number of aliphatic imine (C=N–C) groups is 1. The third-order valence-corrected chi connectivity index (χ3v) is 5.60. The second-order valence-corrected chi connectivity index (χ2v) is 6.85. The van der Waals surface area contributed by atoms with Gasteiger partial charge in [-0.05, 0) is 36.8 Å². The third-order valence-electron chi connectivity index (χ3n) is 2.90. The van der Waals surface area contributed by atoms with Gasteiger partial charge >= 0.3 is 0 Å². The number of hydrogen-bond acceptors (Lipinski definition) is 4. The number of fused-ring (bicyclic) bond motifs is 1. The molecule has 0 unspecified atom stereocenters. The first kappa shape index (κ1) is 12.6. The Morgan fingerprint density at radius 3 is 2.82 bits per heavy atom. The molecule has 1 heterocycles. The van der Waals surface area contributed by atoms with Crippen molar-refractivity contribution >= 4 is 26.6 Å². The number of thioether (sulfide) groups is 1. The van der Waals surface area contributed by atoms with Crippen LogP contribution in [0.25, 0.3) is 0 Å². The molecule has 0 amide bonds. The van der Waals surface area contributed by atoms with Gasteiger partial charge in [0.25, 0.3) is 0 Å². The highest BCUT2D eigenvalue weighted by atomic mass is 32.2. The zero-order valence-electron chi connectivity index (χ0n) is 9.93. The van der Waals surface area contributed by atoms with Crippen molar-refractivity contribution in [2.45, 2.75) is 17.7 Å². The van der Waals surface area contributed by atoms with Crippen molar-refractivity contribution in [1.29, 1.82) is 0 Å². The fourth-order valence-electron chi connectivity index (χ4n) is 2.11. The molecule has 1 aromatic carbocycles. The Kier molecular flexibility index (Phi) is 3.58. The Hall–Kier alpha value is -0.810. The number of sulfone groups is 1. The largest absolute Gasteiger partial charge is 0.281 e. The van der Waals surface area contributed by atoms with E-state index in [4.69, 9.17) is 0 Å². The average Bonchev–Trinajstić information content (AvgIpc) is 2.30. The Morgan fingerprint density at radius 2 is 2.18 bits per heavy atom. The van der Waals surface area contributed by atoms with Crippen LogP contribution in [0.2, 0.25) is 0 Å². The van der Waals surface area contributed by atoms with Crippen molar-refractivity contribution in [3.8, 4) is 0 Å². The van der Waals surface area contributed by atoms with Crippen molar-refractivity contribution in [1.82, 2.24) is 0 Å². The highest BCUT2D eigenvalue weighted by molar-refractivity contribution is 8.13. The van der Waals surface area contributed by atoms with E-state index in [0.717, 1.165) is 29.0 Å². The summed E-state index contributed by atoms with van der Waals surface area (Å²) in [7, 11) is -1.29. The van der Waals surface area contributed by atoms with E-state index in [0.29, 0.717) is 4.90 Å². The number of hydrogen-bond donors (Lipinski definition) is 0. The summed E-state index contributed by atoms with van der Waals surface area (Å²) in [5.41, 5.74) is 1.94. The van der Waals surface area contributed by atoms with Gasteiger partial charge in [0.15, 0.2) is 9.84 Å². The third kappa shape index (κ3) is 2.40. The molecule has 17 heavy (non-hydrogen) atoms. The zero-order chi connectivity index (χ0) is 12.5. The molecule has 0 aromatic heterocycles. The molecule has 0 radical (unpaired) electrons. The first-order valence-corrected chi connectivity index (χ1v) is 8.33. The number of benzene rings is 1. The lowest BCUT2D eigenvalue weighted by atomic mass is 10.1. The maximum absolute atomic E-state index is 11.9. The summed E-state index contributed by atoms with van der Waals surface area (Å²) in [5.74, 6) is 0.274. The van der Waals surface area contributed by atoms with Crippen LogP contribution in [-0.2, 0) is 16.3 Å². The molecular formula is C12H15NO2S2. The Morgan fingerprint density at radius 1 is 1.41 bits per heavy atom.